The van der Waals surface area contributed by atoms with Gasteiger partial charge in [0, 0.05) is 6.42 Å². The van der Waals surface area contributed by atoms with Gasteiger partial charge >= 0.3 is 12.1 Å². The van der Waals surface area contributed by atoms with Crippen molar-refractivity contribution in [3.63, 3.8) is 0 Å². The molecule has 0 aliphatic heterocycles. The fraction of sp³-hybridized carbons (Fsp3) is 0.875. The topological polar surface area (TPSA) is 72.8 Å². The Labute approximate surface area is 128 Å². The lowest BCUT2D eigenvalue weighted by Gasteiger charge is -2.06. The number of rotatable bonds is 14. The Kier molecular flexibility index (Phi) is 14.2. The summed E-state index contributed by atoms with van der Waals surface area (Å²) in [5, 5.41) is 8.45. The largest absolute Gasteiger partial charge is 0.508 e. The van der Waals surface area contributed by atoms with Gasteiger partial charge < -0.3 is 14.6 Å². The van der Waals surface area contributed by atoms with Crippen LogP contribution in [0.1, 0.15) is 77.6 Å². The quantitative estimate of drug-likeness (QED) is 0.377. The summed E-state index contributed by atoms with van der Waals surface area (Å²) in [7, 11) is 0. The minimum absolute atomic E-state index is 0.169. The van der Waals surface area contributed by atoms with E-state index < -0.39 is 12.1 Å². The lowest BCUT2D eigenvalue weighted by atomic mass is 10.1. The van der Waals surface area contributed by atoms with Gasteiger partial charge in [-0.05, 0) is 25.7 Å². The lowest BCUT2D eigenvalue weighted by molar-refractivity contribution is -0.137. The third-order valence-electron chi connectivity index (χ3n) is 3.22. The Balaban J connectivity index is 3.18. The average molecular weight is 302 g/mol. The van der Waals surface area contributed by atoms with Crippen molar-refractivity contribution in [1.82, 2.24) is 0 Å². The van der Waals surface area contributed by atoms with E-state index in [0.717, 1.165) is 19.3 Å². The summed E-state index contributed by atoms with van der Waals surface area (Å²) in [6.07, 6.45) is 9.88. The van der Waals surface area contributed by atoms with E-state index in [1.54, 1.807) is 0 Å². The van der Waals surface area contributed by atoms with Crippen molar-refractivity contribution in [2.45, 2.75) is 77.6 Å². The number of hydrogen-bond donors (Lipinski definition) is 1. The molecule has 5 heteroatoms. The highest BCUT2D eigenvalue weighted by Crippen LogP contribution is 2.07. The maximum Gasteiger partial charge on any atom is 0.508 e. The van der Waals surface area contributed by atoms with Gasteiger partial charge in [0.05, 0.1) is 13.2 Å². The predicted octanol–water partition coefficient (Wildman–Crippen LogP) is 4.54. The molecule has 21 heavy (non-hydrogen) atoms. The summed E-state index contributed by atoms with van der Waals surface area (Å²) in [5.41, 5.74) is 0. The first-order valence-electron chi connectivity index (χ1n) is 8.18. The molecular weight excluding hydrogens is 272 g/mol. The minimum atomic E-state index is -0.787. The fourth-order valence-electron chi connectivity index (χ4n) is 1.97. The van der Waals surface area contributed by atoms with Crippen LogP contribution in [0.4, 0.5) is 4.79 Å². The Morgan fingerprint density at radius 1 is 0.762 bits per heavy atom. The number of aliphatic carboxylic acids is 1. The first-order chi connectivity index (χ1) is 10.2. The van der Waals surface area contributed by atoms with Crippen LogP contribution in [0.15, 0.2) is 0 Å². The maximum absolute atomic E-state index is 11.2. The van der Waals surface area contributed by atoms with E-state index in [4.69, 9.17) is 14.6 Å². The Hall–Kier alpha value is -1.26. The van der Waals surface area contributed by atoms with Crippen LogP contribution >= 0.6 is 0 Å². The van der Waals surface area contributed by atoms with Gasteiger partial charge in [-0.15, -0.1) is 0 Å². The van der Waals surface area contributed by atoms with Gasteiger partial charge in [0.1, 0.15) is 0 Å². The molecule has 0 amide bonds. The zero-order chi connectivity index (χ0) is 15.8. The second-order valence-corrected chi connectivity index (χ2v) is 5.27. The van der Waals surface area contributed by atoms with Crippen molar-refractivity contribution in [1.29, 1.82) is 0 Å². The number of hydrogen-bond acceptors (Lipinski definition) is 4. The number of carboxylic acids is 1. The monoisotopic (exact) mass is 302 g/mol. The second-order valence-electron chi connectivity index (χ2n) is 5.27. The molecule has 1 N–H and O–H groups in total. The maximum atomic E-state index is 11.2. The van der Waals surface area contributed by atoms with Gasteiger partial charge in [-0.3, -0.25) is 4.79 Å². The number of ether oxygens (including phenoxy) is 2. The van der Waals surface area contributed by atoms with E-state index in [2.05, 4.69) is 6.92 Å². The van der Waals surface area contributed by atoms with Gasteiger partial charge in [0.25, 0.3) is 0 Å². The van der Waals surface area contributed by atoms with Gasteiger partial charge in [-0.1, -0.05) is 45.4 Å². The predicted molar refractivity (Wildman–Crippen MR) is 81.4 cm³/mol. The highest BCUT2D eigenvalue weighted by atomic mass is 16.7. The molecule has 124 valence electrons. The van der Waals surface area contributed by atoms with Crippen LogP contribution in [0.25, 0.3) is 0 Å². The summed E-state index contributed by atoms with van der Waals surface area (Å²) >= 11 is 0. The van der Waals surface area contributed by atoms with Crippen molar-refractivity contribution in [3.8, 4) is 0 Å². The van der Waals surface area contributed by atoms with E-state index in [-0.39, 0.29) is 6.42 Å². The molecule has 0 radical (unpaired) electrons. The first kappa shape index (κ1) is 19.7. The molecule has 0 spiro atoms. The second kappa shape index (κ2) is 15.1. The highest BCUT2D eigenvalue weighted by molar-refractivity contribution is 5.66. The fourth-order valence-corrected chi connectivity index (χ4v) is 1.97. The molecule has 0 fully saturated rings. The highest BCUT2D eigenvalue weighted by Gasteiger charge is 2.03. The van der Waals surface area contributed by atoms with Crippen LogP contribution in [0.5, 0.6) is 0 Å². The van der Waals surface area contributed by atoms with Crippen molar-refractivity contribution in [2.24, 2.45) is 0 Å². The number of carboxylic acid groups (broad SMARTS) is 1. The molecule has 0 unspecified atom stereocenters. The summed E-state index contributed by atoms with van der Waals surface area (Å²) in [6.45, 7) is 2.92. The molecule has 0 aromatic carbocycles. The van der Waals surface area contributed by atoms with Crippen LogP contribution in [-0.4, -0.2) is 30.4 Å². The number of carbonyl (C=O) groups excluding carboxylic acids is 1. The number of unbranched alkanes of at least 4 members (excludes halogenated alkanes) is 8. The third-order valence-corrected chi connectivity index (χ3v) is 3.22. The van der Waals surface area contributed by atoms with Crippen molar-refractivity contribution < 1.29 is 24.2 Å². The van der Waals surface area contributed by atoms with E-state index in [9.17, 15) is 9.59 Å². The molecular formula is C16H30O5. The molecule has 0 aliphatic rings. The van der Waals surface area contributed by atoms with Crippen molar-refractivity contribution >= 4 is 12.1 Å². The lowest BCUT2D eigenvalue weighted by Crippen LogP contribution is -2.09. The van der Waals surface area contributed by atoms with Crippen LogP contribution in [0.2, 0.25) is 0 Å². The SMILES string of the molecule is CCCCCCCCCOC(=O)OCCCCCC(=O)O. The van der Waals surface area contributed by atoms with E-state index in [1.165, 1.54) is 32.1 Å². The van der Waals surface area contributed by atoms with E-state index >= 15 is 0 Å². The smallest absolute Gasteiger partial charge is 0.481 e. The first-order valence-corrected chi connectivity index (χ1v) is 8.18. The zero-order valence-corrected chi connectivity index (χ0v) is 13.3. The average Bonchev–Trinajstić information content (AvgIpc) is 2.45. The van der Waals surface area contributed by atoms with Gasteiger partial charge in [0.2, 0.25) is 0 Å². The summed E-state index contributed by atoms with van der Waals surface area (Å²) in [6, 6.07) is 0. The van der Waals surface area contributed by atoms with Crippen LogP contribution in [-0.2, 0) is 14.3 Å². The normalized spacial score (nSPS) is 10.3. The summed E-state index contributed by atoms with van der Waals surface area (Å²) in [4.78, 5) is 21.5. The molecule has 0 aromatic heterocycles. The Morgan fingerprint density at radius 2 is 1.24 bits per heavy atom. The molecule has 0 rings (SSSR count). The summed E-state index contributed by atoms with van der Waals surface area (Å²) < 4.78 is 9.86. The third kappa shape index (κ3) is 16.7. The van der Waals surface area contributed by atoms with Gasteiger partial charge in [-0.2, -0.15) is 0 Å². The Morgan fingerprint density at radius 3 is 1.76 bits per heavy atom. The molecule has 0 bridgehead atoms. The zero-order valence-electron chi connectivity index (χ0n) is 13.3. The van der Waals surface area contributed by atoms with Crippen molar-refractivity contribution in [2.75, 3.05) is 13.2 Å². The van der Waals surface area contributed by atoms with Gasteiger partial charge in [0.15, 0.2) is 0 Å². The molecule has 0 saturated carbocycles. The Bertz CT molecular complexity index is 265. The number of carbonyl (C=O) groups is 2. The van der Waals surface area contributed by atoms with Crippen LogP contribution in [0, 0.1) is 0 Å². The molecule has 0 aliphatic carbocycles. The molecule has 0 atom stereocenters. The molecule has 0 heterocycles. The molecule has 0 saturated heterocycles. The minimum Gasteiger partial charge on any atom is -0.481 e. The van der Waals surface area contributed by atoms with E-state index in [0.29, 0.717) is 26.1 Å². The van der Waals surface area contributed by atoms with Crippen molar-refractivity contribution in [3.05, 3.63) is 0 Å². The molecule has 0 aromatic rings. The molecule has 5 nitrogen and oxygen atoms in total. The van der Waals surface area contributed by atoms with Gasteiger partial charge in [-0.25, -0.2) is 4.79 Å². The van der Waals surface area contributed by atoms with E-state index in [1.807, 2.05) is 0 Å². The summed E-state index contributed by atoms with van der Waals surface area (Å²) in [5.74, 6) is -0.787. The van der Waals surface area contributed by atoms with Crippen LogP contribution in [0.3, 0.4) is 0 Å². The van der Waals surface area contributed by atoms with Crippen LogP contribution < -0.4 is 0 Å². The standard InChI is InChI=1S/C16H30O5/c1-2-3-4-5-6-7-10-13-20-16(19)21-14-11-8-9-12-15(17)18/h2-14H2,1H3,(H,17,18).